The smallest absolute Gasteiger partial charge is 0.315 e. The van der Waals surface area contributed by atoms with Crippen LogP contribution in [0.5, 0.6) is 5.75 Å². The van der Waals surface area contributed by atoms with Crippen LogP contribution >= 0.6 is 0 Å². The maximum absolute atomic E-state index is 12.6. The maximum Gasteiger partial charge on any atom is 0.315 e. The van der Waals surface area contributed by atoms with Gasteiger partial charge in [-0.2, -0.15) is 0 Å². The van der Waals surface area contributed by atoms with Crippen LogP contribution < -0.4 is 15.0 Å². The summed E-state index contributed by atoms with van der Waals surface area (Å²) in [5.74, 6) is 0.259. The number of nitrogens with zero attached hydrogens (tertiary/aromatic N) is 2. The number of ether oxygens (including phenoxy) is 1. The zero-order valence-electron chi connectivity index (χ0n) is 17.3. The topological polar surface area (TPSA) is 61.9 Å². The number of aryl methyl sites for hydroxylation is 2. The third-order valence-corrected chi connectivity index (χ3v) is 6.47. The Morgan fingerprint density at radius 2 is 1.93 bits per heavy atom. The van der Waals surface area contributed by atoms with E-state index in [4.69, 9.17) is 4.74 Å². The van der Waals surface area contributed by atoms with Gasteiger partial charge in [0.2, 0.25) is 5.91 Å². The van der Waals surface area contributed by atoms with Crippen molar-refractivity contribution in [2.75, 3.05) is 36.4 Å². The zero-order valence-corrected chi connectivity index (χ0v) is 17.3. The number of rotatable bonds is 4. The molecule has 1 amide bonds. The highest BCUT2D eigenvalue weighted by molar-refractivity contribution is 5.93. The number of carbonyl (C=O) groups excluding carboxylic acids is 2. The summed E-state index contributed by atoms with van der Waals surface area (Å²) in [4.78, 5) is 28.7. The van der Waals surface area contributed by atoms with Crippen molar-refractivity contribution in [2.45, 2.75) is 38.6 Å². The average molecular weight is 405 g/mol. The van der Waals surface area contributed by atoms with Gasteiger partial charge >= 0.3 is 5.97 Å². The minimum atomic E-state index is -0.247. The van der Waals surface area contributed by atoms with Crippen LogP contribution in [0, 0.1) is 0 Å². The molecule has 0 radical (unpaired) electrons. The number of esters is 1. The first-order chi connectivity index (χ1) is 14.5. The van der Waals surface area contributed by atoms with Gasteiger partial charge in [0.05, 0.1) is 13.0 Å². The Balaban J connectivity index is 1.17. The summed E-state index contributed by atoms with van der Waals surface area (Å²) in [6, 6.07) is 12.6. The number of piperazine rings is 1. The number of benzene rings is 2. The first kappa shape index (κ1) is 19.1. The summed E-state index contributed by atoms with van der Waals surface area (Å²) >= 11 is 0. The van der Waals surface area contributed by atoms with Crippen molar-refractivity contribution >= 4 is 23.3 Å². The third-order valence-electron chi connectivity index (χ3n) is 6.47. The molecule has 5 rings (SSSR count). The summed E-state index contributed by atoms with van der Waals surface area (Å²) in [6.45, 7) is 5.23. The second-order valence-electron chi connectivity index (χ2n) is 8.59. The van der Waals surface area contributed by atoms with E-state index in [1.54, 1.807) is 6.07 Å². The number of fused-ring (bicyclic) bond motifs is 2. The lowest BCUT2D eigenvalue weighted by molar-refractivity contribution is -0.131. The lowest BCUT2D eigenvalue weighted by atomic mass is 10.1. The van der Waals surface area contributed by atoms with Crippen LogP contribution in [0.2, 0.25) is 0 Å². The summed E-state index contributed by atoms with van der Waals surface area (Å²) in [5.41, 5.74) is 5.84. The molecule has 3 aliphatic rings. The number of amides is 1. The highest BCUT2D eigenvalue weighted by Crippen LogP contribution is 2.30. The van der Waals surface area contributed by atoms with Gasteiger partial charge in [-0.15, -0.1) is 0 Å². The van der Waals surface area contributed by atoms with Crippen molar-refractivity contribution in [3.63, 3.8) is 0 Å². The fraction of sp³-hybridized carbons (Fsp3) is 0.417. The van der Waals surface area contributed by atoms with Crippen LogP contribution in [0.25, 0.3) is 0 Å². The highest BCUT2D eigenvalue weighted by Gasteiger charge is 2.26. The number of hydrogen-bond acceptors (Lipinski definition) is 5. The van der Waals surface area contributed by atoms with E-state index in [9.17, 15) is 9.59 Å². The molecule has 2 heterocycles. The van der Waals surface area contributed by atoms with Crippen LogP contribution in [-0.2, 0) is 28.9 Å². The summed E-state index contributed by atoms with van der Waals surface area (Å²) in [7, 11) is 0. The van der Waals surface area contributed by atoms with E-state index in [0.717, 1.165) is 25.2 Å². The van der Waals surface area contributed by atoms with Gasteiger partial charge in [-0.25, -0.2) is 0 Å². The molecule has 2 aliphatic heterocycles. The van der Waals surface area contributed by atoms with Crippen LogP contribution in [-0.4, -0.2) is 49.0 Å². The molecular weight excluding hydrogens is 378 g/mol. The van der Waals surface area contributed by atoms with Gasteiger partial charge in [0.1, 0.15) is 5.75 Å². The largest absolute Gasteiger partial charge is 0.426 e. The molecule has 1 N–H and O–H groups in total. The van der Waals surface area contributed by atoms with Gasteiger partial charge in [-0.05, 0) is 55.5 Å². The zero-order chi connectivity index (χ0) is 20.7. The lowest BCUT2D eigenvalue weighted by Gasteiger charge is -2.40. The van der Waals surface area contributed by atoms with Crippen molar-refractivity contribution in [3.8, 4) is 5.75 Å². The monoisotopic (exact) mass is 405 g/mol. The van der Waals surface area contributed by atoms with Crippen molar-refractivity contribution in [3.05, 3.63) is 53.1 Å². The van der Waals surface area contributed by atoms with Crippen LogP contribution in [0.3, 0.4) is 0 Å². The number of anilines is 2. The lowest BCUT2D eigenvalue weighted by Crippen LogP contribution is -2.53. The molecule has 0 aromatic heterocycles. The van der Waals surface area contributed by atoms with E-state index in [2.05, 4.69) is 40.2 Å². The predicted octanol–water partition coefficient (Wildman–Crippen LogP) is 2.79. The van der Waals surface area contributed by atoms with Crippen molar-refractivity contribution < 1.29 is 14.3 Å². The molecule has 2 aromatic carbocycles. The summed E-state index contributed by atoms with van der Waals surface area (Å²) in [6.07, 6.45) is 3.97. The van der Waals surface area contributed by atoms with E-state index in [1.165, 1.54) is 36.1 Å². The second-order valence-corrected chi connectivity index (χ2v) is 8.59. The van der Waals surface area contributed by atoms with Crippen LogP contribution in [0.4, 0.5) is 11.4 Å². The Kier molecular flexibility index (Phi) is 4.95. The molecule has 2 aromatic rings. The molecule has 1 fully saturated rings. The highest BCUT2D eigenvalue weighted by atomic mass is 16.5. The maximum atomic E-state index is 12.6. The summed E-state index contributed by atoms with van der Waals surface area (Å²) in [5, 5.41) is 2.94. The molecule has 0 bridgehead atoms. The minimum absolute atomic E-state index is 0.0443. The molecule has 1 aliphatic carbocycles. The SMILES string of the molecule is C[C@@H]1CN(c2ccc3c(c2)CCC3)CCN1CC(=O)Nc1ccc2c(c1)OC(=O)C2. The Hall–Kier alpha value is -2.86. The number of nitrogens with one attached hydrogen (secondary N) is 1. The number of carbonyl (C=O) groups is 2. The Labute approximate surface area is 176 Å². The standard InChI is InChI=1S/C24H27N3O3/c1-16-14-27(21-8-6-17-3-2-4-18(17)11-21)10-9-26(16)15-23(28)25-20-7-5-19-12-24(29)30-22(19)13-20/h5-8,11,13,16H,2-4,9-10,12,14-15H2,1H3,(H,25,28)/t16-/m1/s1. The molecule has 0 saturated carbocycles. The van der Waals surface area contributed by atoms with Gasteiger partial charge in [-0.3, -0.25) is 14.5 Å². The van der Waals surface area contributed by atoms with Crippen molar-refractivity contribution in [1.29, 1.82) is 0 Å². The Bertz CT molecular complexity index is 1000. The first-order valence-electron chi connectivity index (χ1n) is 10.8. The normalized spacial score (nSPS) is 20.6. The Morgan fingerprint density at radius 3 is 2.80 bits per heavy atom. The minimum Gasteiger partial charge on any atom is -0.426 e. The fourth-order valence-electron chi connectivity index (χ4n) is 4.79. The van der Waals surface area contributed by atoms with Gasteiger partial charge in [0.25, 0.3) is 0 Å². The van der Waals surface area contributed by atoms with Crippen LogP contribution in [0.1, 0.15) is 30.0 Å². The average Bonchev–Trinajstić information content (AvgIpc) is 3.33. The molecule has 0 unspecified atom stereocenters. The van der Waals surface area contributed by atoms with E-state index >= 15 is 0 Å². The van der Waals surface area contributed by atoms with E-state index in [-0.39, 0.29) is 11.9 Å². The summed E-state index contributed by atoms with van der Waals surface area (Å²) < 4.78 is 5.17. The first-order valence-corrected chi connectivity index (χ1v) is 10.8. The van der Waals surface area contributed by atoms with E-state index in [0.29, 0.717) is 30.4 Å². The molecule has 156 valence electrons. The molecule has 0 spiro atoms. The third kappa shape index (κ3) is 3.79. The van der Waals surface area contributed by atoms with Gasteiger partial charge < -0.3 is 15.0 Å². The number of hydrogen-bond donors (Lipinski definition) is 1. The molecular formula is C24H27N3O3. The van der Waals surface area contributed by atoms with Gasteiger partial charge in [-0.1, -0.05) is 12.1 Å². The molecule has 6 nitrogen and oxygen atoms in total. The fourth-order valence-corrected chi connectivity index (χ4v) is 4.79. The van der Waals surface area contributed by atoms with Gasteiger partial charge in [0, 0.05) is 48.7 Å². The second kappa shape index (κ2) is 7.76. The molecule has 30 heavy (non-hydrogen) atoms. The van der Waals surface area contributed by atoms with Crippen molar-refractivity contribution in [1.82, 2.24) is 4.90 Å². The predicted molar refractivity (Wildman–Crippen MR) is 116 cm³/mol. The quantitative estimate of drug-likeness (QED) is 0.626. The van der Waals surface area contributed by atoms with E-state index in [1.807, 2.05) is 12.1 Å². The van der Waals surface area contributed by atoms with Crippen molar-refractivity contribution in [2.24, 2.45) is 0 Å². The Morgan fingerprint density at radius 1 is 1.10 bits per heavy atom. The molecule has 1 saturated heterocycles. The van der Waals surface area contributed by atoms with E-state index < -0.39 is 0 Å². The molecule has 6 heteroatoms. The molecule has 1 atom stereocenters. The van der Waals surface area contributed by atoms with Crippen LogP contribution in [0.15, 0.2) is 36.4 Å². The van der Waals surface area contributed by atoms with Gasteiger partial charge in [0.15, 0.2) is 0 Å².